The maximum atomic E-state index is 13.0. The van der Waals surface area contributed by atoms with Crippen LogP contribution in [0.3, 0.4) is 0 Å². The van der Waals surface area contributed by atoms with Crippen LogP contribution in [-0.2, 0) is 18.8 Å². The number of rotatable bonds is 13. The Hall–Kier alpha value is -3.94. The standard InChI is InChI=1S/C34H40O6Si/c1-34(2,3)41(30-13-9-7-10-14-30,31-15-11-8-12-16-31)40-28(23-24-33(36)39-6)22-20-27(35)19-17-26-18-21-29(37-4)25-32(26)38-5/h7-19,21,23-25,28H,20,22H2,1-6H3/b19-17+,24-23+/t28-/m0/s1. The van der Waals surface area contributed by atoms with Crippen molar-refractivity contribution in [2.24, 2.45) is 0 Å². The Morgan fingerprint density at radius 2 is 1.44 bits per heavy atom. The van der Waals surface area contributed by atoms with E-state index in [1.165, 1.54) is 13.2 Å². The first-order valence-corrected chi connectivity index (χ1v) is 15.5. The number of ether oxygens (including phenoxy) is 3. The lowest BCUT2D eigenvalue weighted by Crippen LogP contribution is -2.67. The highest BCUT2D eigenvalue weighted by atomic mass is 28.4. The first-order valence-electron chi connectivity index (χ1n) is 13.6. The van der Waals surface area contributed by atoms with Gasteiger partial charge >= 0.3 is 5.97 Å². The fourth-order valence-electron chi connectivity index (χ4n) is 4.87. The van der Waals surface area contributed by atoms with Crippen LogP contribution in [-0.4, -0.2) is 47.5 Å². The van der Waals surface area contributed by atoms with Gasteiger partial charge in [0, 0.05) is 24.1 Å². The van der Waals surface area contributed by atoms with Gasteiger partial charge in [0.05, 0.1) is 27.4 Å². The second kappa shape index (κ2) is 14.6. The Morgan fingerprint density at radius 3 is 1.95 bits per heavy atom. The first-order chi connectivity index (χ1) is 19.6. The summed E-state index contributed by atoms with van der Waals surface area (Å²) in [6.07, 6.45) is 6.49. The molecule has 41 heavy (non-hydrogen) atoms. The molecule has 0 saturated heterocycles. The van der Waals surface area contributed by atoms with E-state index in [0.717, 1.165) is 15.9 Å². The van der Waals surface area contributed by atoms with Crippen molar-refractivity contribution in [3.8, 4) is 11.5 Å². The van der Waals surface area contributed by atoms with Crippen LogP contribution in [0.15, 0.2) is 97.1 Å². The Kier molecular flexibility index (Phi) is 11.3. The highest BCUT2D eigenvalue weighted by Gasteiger charge is 2.51. The van der Waals surface area contributed by atoms with Crippen LogP contribution in [0.5, 0.6) is 11.5 Å². The summed E-state index contributed by atoms with van der Waals surface area (Å²) >= 11 is 0. The number of methoxy groups -OCH3 is 3. The van der Waals surface area contributed by atoms with Crippen molar-refractivity contribution in [1.82, 2.24) is 0 Å². The van der Waals surface area contributed by atoms with Gasteiger partial charge in [0.1, 0.15) is 11.5 Å². The van der Waals surface area contributed by atoms with Gasteiger partial charge in [-0.15, -0.1) is 0 Å². The zero-order chi connectivity index (χ0) is 29.9. The summed E-state index contributed by atoms with van der Waals surface area (Å²) in [6.45, 7) is 6.57. The van der Waals surface area contributed by atoms with Crippen LogP contribution in [0, 0.1) is 0 Å². The van der Waals surface area contributed by atoms with E-state index < -0.39 is 20.4 Å². The van der Waals surface area contributed by atoms with E-state index in [-0.39, 0.29) is 17.2 Å². The van der Waals surface area contributed by atoms with Crippen molar-refractivity contribution in [3.63, 3.8) is 0 Å². The van der Waals surface area contributed by atoms with Gasteiger partial charge in [0.25, 0.3) is 8.32 Å². The fraction of sp³-hybridized carbons (Fsp3) is 0.294. The molecule has 0 radical (unpaired) electrons. The van der Waals surface area contributed by atoms with Gasteiger partial charge < -0.3 is 18.6 Å². The molecule has 6 nitrogen and oxygen atoms in total. The number of carbonyl (C=O) groups excluding carboxylic acids is 2. The fourth-order valence-corrected chi connectivity index (χ4v) is 9.54. The number of ketones is 1. The molecule has 0 aliphatic heterocycles. The molecule has 3 rings (SSSR count). The zero-order valence-electron chi connectivity index (χ0n) is 24.8. The molecule has 0 aromatic heterocycles. The van der Waals surface area contributed by atoms with E-state index >= 15 is 0 Å². The molecule has 0 bridgehead atoms. The van der Waals surface area contributed by atoms with Gasteiger partial charge in [-0.2, -0.15) is 0 Å². The predicted molar refractivity (Wildman–Crippen MR) is 166 cm³/mol. The summed E-state index contributed by atoms with van der Waals surface area (Å²) in [7, 11) is 1.59. The van der Waals surface area contributed by atoms with Gasteiger partial charge in [-0.3, -0.25) is 4.79 Å². The van der Waals surface area contributed by atoms with Crippen molar-refractivity contribution < 1.29 is 28.2 Å². The molecular weight excluding hydrogens is 532 g/mol. The monoisotopic (exact) mass is 572 g/mol. The number of hydrogen-bond donors (Lipinski definition) is 0. The molecule has 0 saturated carbocycles. The van der Waals surface area contributed by atoms with Crippen molar-refractivity contribution in [1.29, 1.82) is 0 Å². The highest BCUT2D eigenvalue weighted by Crippen LogP contribution is 2.38. The minimum atomic E-state index is -2.92. The van der Waals surface area contributed by atoms with E-state index in [2.05, 4.69) is 45.0 Å². The number of benzene rings is 3. The quantitative estimate of drug-likeness (QED) is 0.148. The zero-order valence-corrected chi connectivity index (χ0v) is 25.8. The highest BCUT2D eigenvalue weighted by molar-refractivity contribution is 6.99. The van der Waals surface area contributed by atoms with Crippen LogP contribution in [0.1, 0.15) is 39.2 Å². The molecule has 0 fully saturated rings. The molecule has 0 N–H and O–H groups in total. The van der Waals surface area contributed by atoms with Crippen molar-refractivity contribution in [2.45, 2.75) is 44.8 Å². The second-order valence-corrected chi connectivity index (χ2v) is 14.9. The van der Waals surface area contributed by atoms with Gasteiger partial charge in [-0.05, 0) is 52.2 Å². The van der Waals surface area contributed by atoms with Crippen LogP contribution in [0.2, 0.25) is 5.04 Å². The van der Waals surface area contributed by atoms with Crippen LogP contribution < -0.4 is 19.8 Å². The molecule has 7 heteroatoms. The van der Waals surface area contributed by atoms with Gasteiger partial charge in [0.2, 0.25) is 0 Å². The van der Waals surface area contributed by atoms with Gasteiger partial charge in [-0.25, -0.2) is 4.79 Å². The Morgan fingerprint density at radius 1 is 0.829 bits per heavy atom. The maximum absolute atomic E-state index is 13.0. The average Bonchev–Trinajstić information content (AvgIpc) is 2.99. The van der Waals surface area contributed by atoms with E-state index in [1.807, 2.05) is 48.5 Å². The lowest BCUT2D eigenvalue weighted by atomic mass is 10.1. The third-order valence-corrected chi connectivity index (χ3v) is 12.0. The summed E-state index contributed by atoms with van der Waals surface area (Å²) in [4.78, 5) is 25.1. The largest absolute Gasteiger partial charge is 0.497 e. The van der Waals surface area contributed by atoms with E-state index in [9.17, 15) is 9.59 Å². The Balaban J connectivity index is 1.94. The molecule has 0 aliphatic rings. The number of allylic oxidation sites excluding steroid dienone is 1. The maximum Gasteiger partial charge on any atom is 0.330 e. The smallest absolute Gasteiger partial charge is 0.330 e. The normalized spacial score (nSPS) is 12.8. The molecular formula is C34H40O6Si. The van der Waals surface area contributed by atoms with Crippen LogP contribution >= 0.6 is 0 Å². The van der Waals surface area contributed by atoms with E-state index in [1.54, 1.807) is 38.5 Å². The topological polar surface area (TPSA) is 71.1 Å². The molecule has 1 atom stereocenters. The lowest BCUT2D eigenvalue weighted by Gasteiger charge is -2.44. The molecule has 216 valence electrons. The molecule has 0 unspecified atom stereocenters. The van der Waals surface area contributed by atoms with E-state index in [4.69, 9.17) is 18.6 Å². The summed E-state index contributed by atoms with van der Waals surface area (Å²) in [5, 5.41) is 1.98. The molecule has 0 heterocycles. The van der Waals surface area contributed by atoms with Crippen molar-refractivity contribution >= 4 is 36.5 Å². The number of carbonyl (C=O) groups is 2. The molecule has 3 aromatic carbocycles. The number of esters is 1. The van der Waals surface area contributed by atoms with Gasteiger partial charge in [-0.1, -0.05) is 81.4 Å². The average molecular weight is 573 g/mol. The van der Waals surface area contributed by atoms with Gasteiger partial charge in [0.15, 0.2) is 5.78 Å². The first kappa shape index (κ1) is 31.6. The predicted octanol–water partition coefficient (Wildman–Crippen LogP) is 5.74. The second-order valence-electron chi connectivity index (χ2n) is 10.6. The molecule has 3 aromatic rings. The van der Waals surface area contributed by atoms with Crippen molar-refractivity contribution in [3.05, 3.63) is 103 Å². The Labute approximate surface area is 244 Å². The van der Waals surface area contributed by atoms with Crippen LogP contribution in [0.4, 0.5) is 0 Å². The van der Waals surface area contributed by atoms with E-state index in [0.29, 0.717) is 17.9 Å². The molecule has 0 aliphatic carbocycles. The summed E-state index contributed by atoms with van der Waals surface area (Å²) in [5.74, 6) is 0.748. The molecule has 0 amide bonds. The van der Waals surface area contributed by atoms with Crippen LogP contribution in [0.25, 0.3) is 6.08 Å². The third kappa shape index (κ3) is 8.05. The third-order valence-electron chi connectivity index (χ3n) is 6.96. The molecule has 0 spiro atoms. The Bertz CT molecular complexity index is 1300. The summed E-state index contributed by atoms with van der Waals surface area (Å²) in [5.41, 5.74) is 0.771. The van der Waals surface area contributed by atoms with Crippen molar-refractivity contribution in [2.75, 3.05) is 21.3 Å². The summed E-state index contributed by atoms with van der Waals surface area (Å²) in [6, 6.07) is 26.0. The minimum absolute atomic E-state index is 0.0645. The number of hydrogen-bond acceptors (Lipinski definition) is 6. The summed E-state index contributed by atoms with van der Waals surface area (Å²) < 4.78 is 22.7. The SMILES string of the molecule is COC(=O)/C=C/[C@H](CCC(=O)/C=C/c1ccc(OC)cc1OC)O[Si](c1ccccc1)(c1ccccc1)C(C)(C)C. The lowest BCUT2D eigenvalue weighted by molar-refractivity contribution is -0.134. The minimum Gasteiger partial charge on any atom is -0.497 e.